The largest absolute Gasteiger partial charge is 0.395 e. The fourth-order valence-electron chi connectivity index (χ4n) is 3.12. The number of carbonyl (C=O) groups is 1. The fourth-order valence-corrected chi connectivity index (χ4v) is 3.73. The summed E-state index contributed by atoms with van der Waals surface area (Å²) in [6.45, 7) is 0.639. The zero-order chi connectivity index (χ0) is 17.9. The van der Waals surface area contributed by atoms with Gasteiger partial charge in [0.15, 0.2) is 0 Å². The number of para-hydroxylation sites is 1. The van der Waals surface area contributed by atoms with Gasteiger partial charge in [0.1, 0.15) is 0 Å². The second-order valence-corrected chi connectivity index (χ2v) is 6.79. The molecular formula is C20H17N3O2S. The number of nitrogens with one attached hydrogen (secondary N) is 1. The minimum Gasteiger partial charge on any atom is -0.395 e. The van der Waals surface area contributed by atoms with Gasteiger partial charge in [-0.05, 0) is 35.2 Å². The highest BCUT2D eigenvalue weighted by Gasteiger charge is 2.10. The van der Waals surface area contributed by atoms with Gasteiger partial charge >= 0.3 is 0 Å². The van der Waals surface area contributed by atoms with Gasteiger partial charge in [0, 0.05) is 28.4 Å². The molecule has 2 heterocycles. The van der Waals surface area contributed by atoms with E-state index < -0.39 is 0 Å². The maximum atomic E-state index is 11.9. The van der Waals surface area contributed by atoms with Gasteiger partial charge in [-0.3, -0.25) is 4.79 Å². The molecule has 0 spiro atoms. The highest BCUT2D eigenvalue weighted by Crippen LogP contribution is 2.29. The number of nitrogens with zero attached hydrogens (tertiary/aromatic N) is 2. The molecule has 2 N–H and O–H groups in total. The molecule has 0 radical (unpaired) electrons. The van der Waals surface area contributed by atoms with E-state index in [1.54, 1.807) is 12.3 Å². The third kappa shape index (κ3) is 3.00. The first-order valence-corrected chi connectivity index (χ1v) is 9.14. The van der Waals surface area contributed by atoms with Gasteiger partial charge in [-0.1, -0.05) is 30.3 Å². The van der Waals surface area contributed by atoms with Crippen molar-refractivity contribution in [1.82, 2.24) is 9.99 Å². The summed E-state index contributed by atoms with van der Waals surface area (Å²) in [5.41, 5.74) is 5.61. The average Bonchev–Trinajstić information content (AvgIpc) is 3.30. The zero-order valence-electron chi connectivity index (χ0n) is 13.9. The molecule has 0 aliphatic rings. The SMILES string of the molecule is O=C(N/N=C/c1ccc2c(c1)c1ccccc1n2CCO)c1cccs1. The molecule has 0 saturated heterocycles. The van der Waals surface area contributed by atoms with Crippen molar-refractivity contribution in [2.45, 2.75) is 6.54 Å². The number of hydrazone groups is 1. The Labute approximate surface area is 154 Å². The highest BCUT2D eigenvalue weighted by atomic mass is 32.1. The van der Waals surface area contributed by atoms with E-state index in [4.69, 9.17) is 0 Å². The Morgan fingerprint density at radius 3 is 2.77 bits per heavy atom. The lowest BCUT2D eigenvalue weighted by Crippen LogP contribution is -2.16. The first kappa shape index (κ1) is 16.5. The molecular weight excluding hydrogens is 346 g/mol. The number of hydrogen-bond donors (Lipinski definition) is 2. The van der Waals surface area contributed by atoms with E-state index in [2.05, 4.69) is 27.2 Å². The van der Waals surface area contributed by atoms with Gasteiger partial charge in [0.25, 0.3) is 5.91 Å². The van der Waals surface area contributed by atoms with Crippen LogP contribution < -0.4 is 5.43 Å². The minimum atomic E-state index is -0.211. The van der Waals surface area contributed by atoms with Gasteiger partial charge in [-0.2, -0.15) is 5.10 Å². The van der Waals surface area contributed by atoms with Gasteiger partial charge < -0.3 is 9.67 Å². The monoisotopic (exact) mass is 363 g/mol. The van der Waals surface area contributed by atoms with Crippen molar-refractivity contribution >= 4 is 45.3 Å². The first-order valence-electron chi connectivity index (χ1n) is 8.26. The Bertz CT molecular complexity index is 1100. The summed E-state index contributed by atoms with van der Waals surface area (Å²) in [5, 5.41) is 17.5. The Morgan fingerprint density at radius 2 is 1.96 bits per heavy atom. The maximum absolute atomic E-state index is 11.9. The van der Waals surface area contributed by atoms with Crippen molar-refractivity contribution in [1.29, 1.82) is 0 Å². The van der Waals surface area contributed by atoms with Crippen LogP contribution in [0.2, 0.25) is 0 Å². The summed E-state index contributed by atoms with van der Waals surface area (Å²) in [7, 11) is 0. The van der Waals surface area contributed by atoms with Crippen LogP contribution in [0, 0.1) is 0 Å². The summed E-state index contributed by atoms with van der Waals surface area (Å²) < 4.78 is 2.12. The fraction of sp³-hybridized carbons (Fsp3) is 0.100. The van der Waals surface area contributed by atoms with Crippen molar-refractivity contribution in [3.05, 3.63) is 70.4 Å². The second kappa shape index (κ2) is 7.11. The van der Waals surface area contributed by atoms with E-state index in [0.717, 1.165) is 27.4 Å². The number of aliphatic hydroxyl groups excluding tert-OH is 1. The van der Waals surface area contributed by atoms with Crippen LogP contribution in [0.25, 0.3) is 21.8 Å². The Hall–Kier alpha value is -2.96. The standard InChI is InChI=1S/C20H17N3O2S/c24-10-9-23-17-5-2-1-4-15(17)16-12-14(7-8-18(16)23)13-21-22-20(25)19-6-3-11-26-19/h1-8,11-13,24H,9-10H2,(H,22,25)/b21-13+. The van der Waals surface area contributed by atoms with Gasteiger partial charge in [0.2, 0.25) is 0 Å². The lowest BCUT2D eigenvalue weighted by Gasteiger charge is -2.04. The van der Waals surface area contributed by atoms with E-state index in [0.29, 0.717) is 11.4 Å². The van der Waals surface area contributed by atoms with Crippen LogP contribution in [-0.4, -0.2) is 28.4 Å². The van der Waals surface area contributed by atoms with Crippen LogP contribution in [0.3, 0.4) is 0 Å². The Morgan fingerprint density at radius 1 is 1.12 bits per heavy atom. The second-order valence-electron chi connectivity index (χ2n) is 5.85. The highest BCUT2D eigenvalue weighted by molar-refractivity contribution is 7.12. The van der Waals surface area contributed by atoms with Crippen LogP contribution in [0.5, 0.6) is 0 Å². The topological polar surface area (TPSA) is 66.6 Å². The number of rotatable bonds is 5. The quantitative estimate of drug-likeness (QED) is 0.420. The average molecular weight is 363 g/mol. The molecule has 26 heavy (non-hydrogen) atoms. The molecule has 0 aliphatic heterocycles. The van der Waals surface area contributed by atoms with Crippen molar-refractivity contribution in [3.8, 4) is 0 Å². The molecule has 4 rings (SSSR count). The molecule has 2 aromatic heterocycles. The third-order valence-electron chi connectivity index (χ3n) is 4.24. The molecule has 6 heteroatoms. The molecule has 0 atom stereocenters. The maximum Gasteiger partial charge on any atom is 0.281 e. The molecule has 0 aliphatic carbocycles. The molecule has 130 valence electrons. The van der Waals surface area contributed by atoms with Crippen LogP contribution >= 0.6 is 11.3 Å². The number of hydrogen-bond acceptors (Lipinski definition) is 4. The van der Waals surface area contributed by atoms with Crippen molar-refractivity contribution in [2.24, 2.45) is 5.10 Å². The Kier molecular flexibility index (Phi) is 4.51. The molecule has 0 bridgehead atoms. The lowest BCUT2D eigenvalue weighted by molar-refractivity contribution is 0.0959. The predicted molar refractivity (Wildman–Crippen MR) is 106 cm³/mol. The normalized spacial score (nSPS) is 11.6. The third-order valence-corrected chi connectivity index (χ3v) is 5.11. The van der Waals surface area contributed by atoms with Gasteiger partial charge in [-0.15, -0.1) is 11.3 Å². The van der Waals surface area contributed by atoms with Crippen LogP contribution in [0.4, 0.5) is 0 Å². The van der Waals surface area contributed by atoms with E-state index in [1.165, 1.54) is 11.3 Å². The lowest BCUT2D eigenvalue weighted by atomic mass is 10.1. The summed E-state index contributed by atoms with van der Waals surface area (Å²) in [6, 6.07) is 17.8. The molecule has 0 fully saturated rings. The summed E-state index contributed by atoms with van der Waals surface area (Å²) in [4.78, 5) is 12.5. The Balaban J connectivity index is 1.66. The van der Waals surface area contributed by atoms with Crippen molar-refractivity contribution in [3.63, 3.8) is 0 Å². The number of thiophene rings is 1. The van der Waals surface area contributed by atoms with Crippen LogP contribution in [0.1, 0.15) is 15.2 Å². The van der Waals surface area contributed by atoms with E-state index in [1.807, 2.05) is 41.8 Å². The van der Waals surface area contributed by atoms with Gasteiger partial charge in [-0.25, -0.2) is 5.43 Å². The number of amides is 1. The summed E-state index contributed by atoms with van der Waals surface area (Å²) in [6.07, 6.45) is 1.64. The molecule has 0 saturated carbocycles. The van der Waals surface area contributed by atoms with Crippen molar-refractivity contribution in [2.75, 3.05) is 6.61 Å². The minimum absolute atomic E-state index is 0.0890. The van der Waals surface area contributed by atoms with Crippen LogP contribution in [-0.2, 0) is 6.54 Å². The van der Waals surface area contributed by atoms with E-state index >= 15 is 0 Å². The van der Waals surface area contributed by atoms with Crippen LogP contribution in [0.15, 0.2) is 65.1 Å². The number of benzene rings is 2. The molecule has 4 aromatic rings. The summed E-state index contributed by atoms with van der Waals surface area (Å²) in [5.74, 6) is -0.211. The molecule has 2 aromatic carbocycles. The number of carbonyl (C=O) groups excluding carboxylic acids is 1. The van der Waals surface area contributed by atoms with Crippen molar-refractivity contribution < 1.29 is 9.90 Å². The smallest absolute Gasteiger partial charge is 0.281 e. The first-order chi connectivity index (χ1) is 12.8. The van der Waals surface area contributed by atoms with E-state index in [-0.39, 0.29) is 12.5 Å². The summed E-state index contributed by atoms with van der Waals surface area (Å²) >= 11 is 1.38. The van der Waals surface area contributed by atoms with Gasteiger partial charge in [0.05, 0.1) is 17.7 Å². The molecule has 5 nitrogen and oxygen atoms in total. The predicted octanol–water partition coefficient (Wildman–Crippen LogP) is 3.61. The van der Waals surface area contributed by atoms with E-state index in [9.17, 15) is 9.90 Å². The number of aromatic nitrogens is 1. The number of aliphatic hydroxyl groups is 1. The molecule has 1 amide bonds. The molecule has 0 unspecified atom stereocenters. The zero-order valence-corrected chi connectivity index (χ0v) is 14.7. The number of fused-ring (bicyclic) bond motifs is 3.